The van der Waals surface area contributed by atoms with E-state index in [9.17, 15) is 18.0 Å². The predicted octanol–water partition coefficient (Wildman–Crippen LogP) is 4.49. The molecular formula is C30H36ClN3O5S. The van der Waals surface area contributed by atoms with E-state index in [-0.39, 0.29) is 29.7 Å². The number of hydrogen-bond donors (Lipinski definition) is 2. The van der Waals surface area contributed by atoms with E-state index in [1.165, 1.54) is 12.1 Å². The van der Waals surface area contributed by atoms with Crippen molar-refractivity contribution in [2.24, 2.45) is 0 Å². The first kappa shape index (κ1) is 31.3. The number of nitrogens with zero attached hydrogens (tertiary/aromatic N) is 1. The van der Waals surface area contributed by atoms with Gasteiger partial charge in [-0.1, -0.05) is 73.1 Å². The second-order valence-corrected chi connectivity index (χ2v) is 11.4. The lowest BCUT2D eigenvalue weighted by atomic mass is 10.0. The molecule has 0 saturated carbocycles. The van der Waals surface area contributed by atoms with Crippen LogP contribution in [-0.4, -0.2) is 51.9 Å². The molecule has 0 aliphatic rings. The minimum Gasteiger partial charge on any atom is -0.385 e. The fourth-order valence-corrected chi connectivity index (χ4v) is 5.41. The molecule has 0 aromatic heterocycles. The Balaban J connectivity index is 1.86. The van der Waals surface area contributed by atoms with E-state index in [4.69, 9.17) is 16.3 Å². The minimum absolute atomic E-state index is 0.132. The van der Waals surface area contributed by atoms with E-state index >= 15 is 0 Å². The highest BCUT2D eigenvalue weighted by atomic mass is 35.5. The van der Waals surface area contributed by atoms with Gasteiger partial charge in [0.05, 0.1) is 4.90 Å². The summed E-state index contributed by atoms with van der Waals surface area (Å²) in [7, 11) is -1.95. The van der Waals surface area contributed by atoms with Gasteiger partial charge in [0, 0.05) is 44.8 Å². The Morgan fingerprint density at radius 2 is 1.60 bits per heavy atom. The quantitative estimate of drug-likeness (QED) is 0.256. The van der Waals surface area contributed by atoms with Gasteiger partial charge in [0.15, 0.2) is 0 Å². The van der Waals surface area contributed by atoms with Gasteiger partial charge in [-0.2, -0.15) is 0 Å². The highest BCUT2D eigenvalue weighted by molar-refractivity contribution is 7.89. The van der Waals surface area contributed by atoms with E-state index in [0.717, 1.165) is 11.1 Å². The van der Waals surface area contributed by atoms with Crippen LogP contribution < -0.4 is 10.0 Å². The maximum Gasteiger partial charge on any atom is 0.247 e. The lowest BCUT2D eigenvalue weighted by Gasteiger charge is -2.32. The summed E-state index contributed by atoms with van der Waals surface area (Å²) in [5.74, 6) is -0.484. The first-order chi connectivity index (χ1) is 19.2. The second-order valence-electron chi connectivity index (χ2n) is 9.24. The highest BCUT2D eigenvalue weighted by Crippen LogP contribution is 2.26. The van der Waals surface area contributed by atoms with Crippen LogP contribution in [0.15, 0.2) is 83.8 Å². The Bertz CT molecular complexity index is 1330. The van der Waals surface area contributed by atoms with Crippen LogP contribution in [-0.2, 0) is 37.3 Å². The number of aryl methyl sites for hydroxylation is 1. The van der Waals surface area contributed by atoms with Gasteiger partial charge in [0.1, 0.15) is 6.04 Å². The fourth-order valence-electron chi connectivity index (χ4n) is 4.25. The van der Waals surface area contributed by atoms with E-state index in [0.29, 0.717) is 43.1 Å². The topological polar surface area (TPSA) is 105 Å². The highest BCUT2D eigenvalue weighted by Gasteiger charge is 2.31. The number of sulfonamides is 1. The van der Waals surface area contributed by atoms with Gasteiger partial charge < -0.3 is 15.0 Å². The molecule has 0 bridgehead atoms. The summed E-state index contributed by atoms with van der Waals surface area (Å²) in [6, 6.07) is 22.0. The molecule has 0 fully saturated rings. The first-order valence-electron chi connectivity index (χ1n) is 13.2. The Labute approximate surface area is 241 Å². The molecule has 1 atom stereocenters. The Morgan fingerprint density at radius 3 is 2.23 bits per heavy atom. The second kappa shape index (κ2) is 15.5. The molecule has 0 radical (unpaired) electrons. The summed E-state index contributed by atoms with van der Waals surface area (Å²) in [5, 5.41) is 3.53. The number of ether oxygens (including phenoxy) is 1. The van der Waals surface area contributed by atoms with E-state index < -0.39 is 16.1 Å². The maximum atomic E-state index is 13.8. The number of hydrogen-bond acceptors (Lipinski definition) is 5. The fraction of sp³-hybridized carbons (Fsp3) is 0.333. The number of rotatable bonds is 15. The van der Waals surface area contributed by atoms with E-state index in [1.54, 1.807) is 43.2 Å². The maximum absolute atomic E-state index is 13.8. The standard InChI is InChI=1S/C30H36ClN3O5S/c1-3-33-40(37,38)27-17-12-23(13-18-27)14-19-28(35)34(22-24-10-15-26(31)16-11-24)29(25-8-5-4-6-9-25)30(36)32-20-7-21-39-2/h4-6,8-13,15-18,29,33H,3,7,14,19-22H2,1-2H3,(H,32,36)/t29-/m0/s1. The molecule has 3 rings (SSSR count). The van der Waals surface area contributed by atoms with Crippen molar-refractivity contribution in [2.75, 3.05) is 26.8 Å². The lowest BCUT2D eigenvalue weighted by Crippen LogP contribution is -2.43. The van der Waals surface area contributed by atoms with Crippen LogP contribution in [0.25, 0.3) is 0 Å². The lowest BCUT2D eigenvalue weighted by molar-refractivity contribution is -0.141. The zero-order valence-corrected chi connectivity index (χ0v) is 24.4. The van der Waals surface area contributed by atoms with Crippen LogP contribution >= 0.6 is 11.6 Å². The summed E-state index contributed by atoms with van der Waals surface area (Å²) in [6.07, 6.45) is 1.16. The van der Waals surface area contributed by atoms with Gasteiger partial charge in [-0.25, -0.2) is 13.1 Å². The van der Waals surface area contributed by atoms with Crippen LogP contribution in [0.2, 0.25) is 5.02 Å². The van der Waals surface area contributed by atoms with Crippen molar-refractivity contribution in [1.29, 1.82) is 0 Å². The number of benzene rings is 3. The molecular weight excluding hydrogens is 550 g/mol. The van der Waals surface area contributed by atoms with Gasteiger partial charge in [-0.3, -0.25) is 9.59 Å². The smallest absolute Gasteiger partial charge is 0.247 e. The van der Waals surface area contributed by atoms with Gasteiger partial charge >= 0.3 is 0 Å². The molecule has 214 valence electrons. The molecule has 8 nitrogen and oxygen atoms in total. The Morgan fingerprint density at radius 1 is 0.950 bits per heavy atom. The average molecular weight is 586 g/mol. The molecule has 2 N–H and O–H groups in total. The summed E-state index contributed by atoms with van der Waals surface area (Å²) in [5.41, 5.74) is 2.35. The van der Waals surface area contributed by atoms with E-state index in [2.05, 4.69) is 10.0 Å². The van der Waals surface area contributed by atoms with Crippen LogP contribution in [0.4, 0.5) is 0 Å². The normalized spacial score (nSPS) is 12.1. The number of halogens is 1. The minimum atomic E-state index is -3.56. The van der Waals surface area contributed by atoms with Gasteiger partial charge in [0.2, 0.25) is 21.8 Å². The number of amides is 2. The van der Waals surface area contributed by atoms with Crippen molar-refractivity contribution < 1.29 is 22.7 Å². The number of carbonyl (C=O) groups is 2. The molecule has 0 aliphatic heterocycles. The van der Waals surface area contributed by atoms with Crippen LogP contribution in [0, 0.1) is 0 Å². The molecule has 0 unspecified atom stereocenters. The molecule has 3 aromatic rings. The van der Waals surface area contributed by atoms with Crippen LogP contribution in [0.3, 0.4) is 0 Å². The summed E-state index contributed by atoms with van der Waals surface area (Å²) in [4.78, 5) is 29.1. The van der Waals surface area contributed by atoms with Crippen LogP contribution in [0.5, 0.6) is 0 Å². The van der Waals surface area contributed by atoms with Crippen molar-refractivity contribution in [2.45, 2.75) is 43.7 Å². The Hall–Kier alpha value is -3.24. The molecule has 0 spiro atoms. The van der Waals surface area contributed by atoms with Gasteiger partial charge in [-0.15, -0.1) is 0 Å². The van der Waals surface area contributed by atoms with Gasteiger partial charge in [-0.05, 0) is 53.8 Å². The molecule has 40 heavy (non-hydrogen) atoms. The SMILES string of the molecule is CCNS(=O)(=O)c1ccc(CCC(=O)N(Cc2ccc(Cl)cc2)[C@H](C(=O)NCCCOC)c2ccccc2)cc1. The zero-order chi connectivity index (χ0) is 29.0. The van der Waals surface area contributed by atoms with Crippen molar-refractivity contribution in [3.05, 3.63) is 101 Å². The van der Waals surface area contributed by atoms with Crippen molar-refractivity contribution in [3.63, 3.8) is 0 Å². The largest absolute Gasteiger partial charge is 0.385 e. The third-order valence-electron chi connectivity index (χ3n) is 6.28. The molecule has 0 heterocycles. The Kier molecular flexibility index (Phi) is 12.1. The summed E-state index contributed by atoms with van der Waals surface area (Å²) < 4.78 is 32.1. The van der Waals surface area contributed by atoms with E-state index in [1.807, 2.05) is 42.5 Å². The molecule has 10 heteroatoms. The van der Waals surface area contributed by atoms with Crippen LogP contribution in [0.1, 0.15) is 42.5 Å². The molecule has 0 aliphatic carbocycles. The van der Waals surface area contributed by atoms with Crippen molar-refractivity contribution in [1.82, 2.24) is 14.9 Å². The summed E-state index contributed by atoms with van der Waals surface area (Å²) in [6.45, 7) is 3.15. The van der Waals surface area contributed by atoms with Gasteiger partial charge in [0.25, 0.3) is 0 Å². The number of methoxy groups -OCH3 is 1. The number of nitrogens with one attached hydrogen (secondary N) is 2. The third kappa shape index (κ3) is 9.16. The number of carbonyl (C=O) groups excluding carboxylic acids is 2. The predicted molar refractivity (Wildman–Crippen MR) is 156 cm³/mol. The van der Waals surface area contributed by atoms with Crippen molar-refractivity contribution >= 4 is 33.4 Å². The molecule has 3 aromatic carbocycles. The summed E-state index contributed by atoms with van der Waals surface area (Å²) >= 11 is 6.08. The zero-order valence-electron chi connectivity index (χ0n) is 22.8. The molecule has 2 amide bonds. The molecule has 0 saturated heterocycles. The average Bonchev–Trinajstić information content (AvgIpc) is 2.95. The third-order valence-corrected chi connectivity index (χ3v) is 8.10. The first-order valence-corrected chi connectivity index (χ1v) is 15.1. The van der Waals surface area contributed by atoms with Crippen molar-refractivity contribution in [3.8, 4) is 0 Å². The monoisotopic (exact) mass is 585 g/mol.